The Kier molecular flexibility index (Phi) is 5.49. The fraction of sp³-hybridized carbons (Fsp3) is 0.300. The fourth-order valence-electron chi connectivity index (χ4n) is 2.71. The normalized spacial score (nSPS) is 13.0. The summed E-state index contributed by atoms with van der Waals surface area (Å²) in [6.07, 6.45) is 0. The van der Waals surface area contributed by atoms with Gasteiger partial charge in [0.15, 0.2) is 18.1 Å². The molecule has 0 unspecified atom stereocenters. The molecule has 0 aliphatic carbocycles. The average Bonchev–Trinajstić information content (AvgIpc) is 3.14. The molecule has 0 bridgehead atoms. The summed E-state index contributed by atoms with van der Waals surface area (Å²) in [5, 5.41) is 2.79. The van der Waals surface area contributed by atoms with Gasteiger partial charge in [-0.05, 0) is 49.2 Å². The zero-order chi connectivity index (χ0) is 19.4. The Morgan fingerprint density at radius 1 is 1.15 bits per heavy atom. The zero-order valence-corrected chi connectivity index (χ0v) is 15.4. The number of amides is 1. The predicted octanol–water partition coefficient (Wildman–Crippen LogP) is 2.77. The zero-order valence-electron chi connectivity index (χ0n) is 15.4. The molecule has 0 spiro atoms. The highest BCUT2D eigenvalue weighted by molar-refractivity contribution is 5.91. The molecule has 2 aromatic rings. The first kappa shape index (κ1) is 18.6. The van der Waals surface area contributed by atoms with Crippen LogP contribution < -0.4 is 19.5 Å². The van der Waals surface area contributed by atoms with Crippen molar-refractivity contribution in [2.24, 2.45) is 0 Å². The summed E-state index contributed by atoms with van der Waals surface area (Å²) in [7, 11) is 1.53. The van der Waals surface area contributed by atoms with Crippen LogP contribution >= 0.6 is 0 Å². The molecule has 1 heterocycles. The molecule has 2 aromatic carbocycles. The van der Waals surface area contributed by atoms with E-state index < -0.39 is 11.9 Å². The molecule has 1 aliphatic rings. The number of rotatable bonds is 6. The van der Waals surface area contributed by atoms with Crippen LogP contribution in [-0.2, 0) is 9.53 Å². The number of hydrogen-bond donors (Lipinski definition) is 1. The first-order valence-corrected chi connectivity index (χ1v) is 8.48. The Morgan fingerprint density at radius 3 is 2.70 bits per heavy atom. The SMILES string of the molecule is COc1cc(C(=O)OCC(=O)N[C@@H](C)c2ccc3c(c2)OCO3)ccc1C. The van der Waals surface area contributed by atoms with E-state index >= 15 is 0 Å². The Balaban J connectivity index is 1.54. The van der Waals surface area contributed by atoms with Gasteiger partial charge in [0.25, 0.3) is 5.91 Å². The van der Waals surface area contributed by atoms with Crippen molar-refractivity contribution in [1.82, 2.24) is 5.32 Å². The molecule has 0 fully saturated rings. The Hall–Kier alpha value is -3.22. The van der Waals surface area contributed by atoms with Crippen LogP contribution in [0.5, 0.6) is 17.2 Å². The number of benzene rings is 2. The summed E-state index contributed by atoms with van der Waals surface area (Å²) in [5.74, 6) is 0.935. The van der Waals surface area contributed by atoms with Gasteiger partial charge in [0, 0.05) is 0 Å². The van der Waals surface area contributed by atoms with Crippen LogP contribution in [0.3, 0.4) is 0 Å². The van der Waals surface area contributed by atoms with Crippen molar-refractivity contribution in [3.05, 3.63) is 53.1 Å². The lowest BCUT2D eigenvalue weighted by Crippen LogP contribution is -2.31. The molecule has 7 nitrogen and oxygen atoms in total. The van der Waals surface area contributed by atoms with E-state index in [1.807, 2.05) is 26.0 Å². The number of hydrogen-bond acceptors (Lipinski definition) is 6. The third kappa shape index (κ3) is 4.31. The minimum Gasteiger partial charge on any atom is -0.496 e. The lowest BCUT2D eigenvalue weighted by Gasteiger charge is -2.15. The van der Waals surface area contributed by atoms with E-state index in [1.54, 1.807) is 24.3 Å². The minimum atomic E-state index is -0.584. The Labute approximate surface area is 157 Å². The average molecular weight is 371 g/mol. The summed E-state index contributed by atoms with van der Waals surface area (Å²) >= 11 is 0. The van der Waals surface area contributed by atoms with Crippen molar-refractivity contribution in [2.75, 3.05) is 20.5 Å². The third-order valence-corrected chi connectivity index (χ3v) is 4.25. The molecule has 142 valence electrons. The molecule has 0 radical (unpaired) electrons. The summed E-state index contributed by atoms with van der Waals surface area (Å²) < 4.78 is 20.9. The molecule has 0 aromatic heterocycles. The third-order valence-electron chi connectivity index (χ3n) is 4.25. The van der Waals surface area contributed by atoms with Gasteiger partial charge in [-0.3, -0.25) is 4.79 Å². The van der Waals surface area contributed by atoms with Crippen LogP contribution in [0, 0.1) is 6.92 Å². The maximum atomic E-state index is 12.1. The van der Waals surface area contributed by atoms with Crippen molar-refractivity contribution in [1.29, 1.82) is 0 Å². The molecule has 0 saturated heterocycles. The summed E-state index contributed by atoms with van der Waals surface area (Å²) in [6.45, 7) is 3.53. The van der Waals surface area contributed by atoms with Gasteiger partial charge in [-0.25, -0.2) is 4.79 Å². The van der Waals surface area contributed by atoms with E-state index in [9.17, 15) is 9.59 Å². The molecule has 1 N–H and O–H groups in total. The largest absolute Gasteiger partial charge is 0.496 e. The second-order valence-corrected chi connectivity index (χ2v) is 6.16. The maximum absolute atomic E-state index is 12.1. The first-order chi connectivity index (χ1) is 13.0. The van der Waals surface area contributed by atoms with Crippen LogP contribution in [0.25, 0.3) is 0 Å². The number of ether oxygens (including phenoxy) is 4. The summed E-state index contributed by atoms with van der Waals surface area (Å²) in [5.41, 5.74) is 2.10. The van der Waals surface area contributed by atoms with E-state index in [1.165, 1.54) is 7.11 Å². The van der Waals surface area contributed by atoms with E-state index in [-0.39, 0.29) is 19.4 Å². The molecule has 1 atom stereocenters. The standard InChI is InChI=1S/C20H21NO6/c1-12-4-5-15(9-17(12)24-3)20(23)25-10-19(22)21-13(2)14-6-7-16-18(8-14)27-11-26-16/h4-9,13H,10-11H2,1-3H3,(H,21,22)/t13-/m0/s1. The van der Waals surface area contributed by atoms with Crippen LogP contribution in [0.2, 0.25) is 0 Å². The van der Waals surface area contributed by atoms with Crippen molar-refractivity contribution in [3.63, 3.8) is 0 Å². The van der Waals surface area contributed by atoms with Gasteiger partial charge in [-0.15, -0.1) is 0 Å². The number of aryl methyl sites for hydroxylation is 1. The van der Waals surface area contributed by atoms with Crippen molar-refractivity contribution in [3.8, 4) is 17.2 Å². The Morgan fingerprint density at radius 2 is 1.93 bits per heavy atom. The summed E-state index contributed by atoms with van der Waals surface area (Å²) in [6, 6.07) is 10.2. The molecular weight excluding hydrogens is 350 g/mol. The molecule has 1 aliphatic heterocycles. The molecule has 27 heavy (non-hydrogen) atoms. The number of carbonyl (C=O) groups excluding carboxylic acids is 2. The molecule has 3 rings (SSSR count). The summed E-state index contributed by atoms with van der Waals surface area (Å²) in [4.78, 5) is 24.2. The predicted molar refractivity (Wildman–Crippen MR) is 97.1 cm³/mol. The number of carbonyl (C=O) groups is 2. The van der Waals surface area contributed by atoms with Crippen molar-refractivity contribution < 1.29 is 28.5 Å². The van der Waals surface area contributed by atoms with E-state index in [0.29, 0.717) is 22.8 Å². The minimum absolute atomic E-state index is 0.194. The van der Waals surface area contributed by atoms with Gasteiger partial charge in [0.2, 0.25) is 6.79 Å². The van der Waals surface area contributed by atoms with Gasteiger partial charge in [0.05, 0.1) is 18.7 Å². The van der Waals surface area contributed by atoms with Crippen LogP contribution in [-0.4, -0.2) is 32.4 Å². The Bertz CT molecular complexity index is 864. The fourth-order valence-corrected chi connectivity index (χ4v) is 2.71. The maximum Gasteiger partial charge on any atom is 0.338 e. The molecule has 7 heteroatoms. The van der Waals surface area contributed by atoms with E-state index in [4.69, 9.17) is 18.9 Å². The number of nitrogens with one attached hydrogen (secondary N) is 1. The molecule has 0 saturated carbocycles. The topological polar surface area (TPSA) is 83.1 Å². The van der Waals surface area contributed by atoms with Crippen molar-refractivity contribution in [2.45, 2.75) is 19.9 Å². The molecular formula is C20H21NO6. The smallest absolute Gasteiger partial charge is 0.338 e. The first-order valence-electron chi connectivity index (χ1n) is 8.48. The van der Waals surface area contributed by atoms with Gasteiger partial charge < -0.3 is 24.3 Å². The van der Waals surface area contributed by atoms with E-state index in [2.05, 4.69) is 5.32 Å². The van der Waals surface area contributed by atoms with Crippen LogP contribution in [0.1, 0.15) is 34.5 Å². The second kappa shape index (κ2) is 7.99. The second-order valence-electron chi connectivity index (χ2n) is 6.16. The van der Waals surface area contributed by atoms with Gasteiger partial charge in [-0.1, -0.05) is 12.1 Å². The molecule has 1 amide bonds. The lowest BCUT2D eigenvalue weighted by atomic mass is 10.1. The van der Waals surface area contributed by atoms with Crippen LogP contribution in [0.4, 0.5) is 0 Å². The van der Waals surface area contributed by atoms with Gasteiger partial charge in [-0.2, -0.15) is 0 Å². The highest BCUT2D eigenvalue weighted by atomic mass is 16.7. The highest BCUT2D eigenvalue weighted by Crippen LogP contribution is 2.34. The van der Waals surface area contributed by atoms with Crippen molar-refractivity contribution >= 4 is 11.9 Å². The lowest BCUT2D eigenvalue weighted by molar-refractivity contribution is -0.124. The number of esters is 1. The number of methoxy groups -OCH3 is 1. The van der Waals surface area contributed by atoms with Gasteiger partial charge >= 0.3 is 5.97 Å². The van der Waals surface area contributed by atoms with E-state index in [0.717, 1.165) is 11.1 Å². The van der Waals surface area contributed by atoms with Crippen LogP contribution in [0.15, 0.2) is 36.4 Å². The number of fused-ring (bicyclic) bond motifs is 1. The monoisotopic (exact) mass is 371 g/mol. The highest BCUT2D eigenvalue weighted by Gasteiger charge is 2.18. The van der Waals surface area contributed by atoms with Gasteiger partial charge in [0.1, 0.15) is 5.75 Å². The quantitative estimate of drug-likeness (QED) is 0.786.